The smallest absolute Gasteiger partial charge is 0.103 e. The second kappa shape index (κ2) is 4.82. The second-order valence-corrected chi connectivity index (χ2v) is 5.72. The van der Waals surface area contributed by atoms with E-state index in [4.69, 9.17) is 5.26 Å². The van der Waals surface area contributed by atoms with Gasteiger partial charge in [0, 0.05) is 12.7 Å². The van der Waals surface area contributed by atoms with Crippen LogP contribution < -0.4 is 9.80 Å². The van der Waals surface area contributed by atoms with E-state index < -0.39 is 0 Å². The SMILES string of the molecule is Cc1ccc(N2c3cc(C#N)ccc3N(C)[C@@H]2C)c(C)c1. The molecule has 0 aromatic heterocycles. The standard InChI is InChI=1S/C18H19N3/c1-12-5-7-16(13(2)9-12)21-14(3)20(4)17-8-6-15(11-19)10-18(17)21/h5-10,14H,1-4H3/t14-/m0/s1. The first-order valence-electron chi connectivity index (χ1n) is 7.16. The van der Waals surface area contributed by atoms with Crippen molar-refractivity contribution in [2.24, 2.45) is 0 Å². The maximum atomic E-state index is 9.17. The first kappa shape index (κ1) is 13.5. The van der Waals surface area contributed by atoms with Crippen LogP contribution in [0.15, 0.2) is 36.4 Å². The highest BCUT2D eigenvalue weighted by Crippen LogP contribution is 2.44. The Bertz CT molecular complexity index is 743. The number of rotatable bonds is 1. The number of anilines is 3. The summed E-state index contributed by atoms with van der Waals surface area (Å²) < 4.78 is 0. The molecule has 0 radical (unpaired) electrons. The first-order valence-corrected chi connectivity index (χ1v) is 7.16. The number of nitriles is 1. The summed E-state index contributed by atoms with van der Waals surface area (Å²) in [6.07, 6.45) is 0.232. The van der Waals surface area contributed by atoms with Crippen LogP contribution in [0, 0.1) is 25.2 Å². The van der Waals surface area contributed by atoms with Crippen molar-refractivity contribution in [1.29, 1.82) is 5.26 Å². The molecule has 0 amide bonds. The molecule has 3 nitrogen and oxygen atoms in total. The molecule has 2 aromatic carbocycles. The van der Waals surface area contributed by atoms with E-state index in [0.29, 0.717) is 5.56 Å². The van der Waals surface area contributed by atoms with E-state index in [0.717, 1.165) is 5.69 Å². The van der Waals surface area contributed by atoms with Gasteiger partial charge in [0.15, 0.2) is 0 Å². The van der Waals surface area contributed by atoms with Crippen LogP contribution in [0.1, 0.15) is 23.6 Å². The fraction of sp³-hybridized carbons (Fsp3) is 0.278. The van der Waals surface area contributed by atoms with Gasteiger partial charge in [-0.1, -0.05) is 17.7 Å². The molecule has 3 heteroatoms. The van der Waals surface area contributed by atoms with Crippen LogP contribution in [0.4, 0.5) is 17.1 Å². The normalized spacial score (nSPS) is 16.8. The van der Waals surface area contributed by atoms with E-state index in [1.54, 1.807) is 0 Å². The Morgan fingerprint density at radius 3 is 2.38 bits per heavy atom. The van der Waals surface area contributed by atoms with Crippen molar-refractivity contribution in [2.75, 3.05) is 16.8 Å². The molecule has 0 fully saturated rings. The molecule has 0 spiro atoms. The van der Waals surface area contributed by atoms with Gasteiger partial charge in [-0.25, -0.2) is 0 Å². The molecule has 0 bridgehead atoms. The van der Waals surface area contributed by atoms with Crippen molar-refractivity contribution >= 4 is 17.1 Å². The van der Waals surface area contributed by atoms with Crippen LogP contribution >= 0.6 is 0 Å². The van der Waals surface area contributed by atoms with Gasteiger partial charge >= 0.3 is 0 Å². The van der Waals surface area contributed by atoms with Gasteiger partial charge in [-0.15, -0.1) is 0 Å². The molecule has 2 aromatic rings. The zero-order chi connectivity index (χ0) is 15.1. The molecule has 1 heterocycles. The van der Waals surface area contributed by atoms with Crippen molar-refractivity contribution < 1.29 is 0 Å². The Morgan fingerprint density at radius 2 is 1.71 bits per heavy atom. The van der Waals surface area contributed by atoms with Crippen molar-refractivity contribution in [1.82, 2.24) is 0 Å². The number of hydrogen-bond donors (Lipinski definition) is 0. The molecule has 3 rings (SSSR count). The third-order valence-electron chi connectivity index (χ3n) is 4.29. The van der Waals surface area contributed by atoms with Gasteiger partial charge in [-0.05, 0) is 50.6 Å². The minimum absolute atomic E-state index is 0.232. The van der Waals surface area contributed by atoms with E-state index in [-0.39, 0.29) is 6.17 Å². The van der Waals surface area contributed by atoms with Gasteiger partial charge in [0.1, 0.15) is 6.17 Å². The molecule has 1 aliphatic rings. The molecule has 0 N–H and O–H groups in total. The van der Waals surface area contributed by atoms with Crippen LogP contribution in [-0.4, -0.2) is 13.2 Å². The van der Waals surface area contributed by atoms with Crippen molar-refractivity contribution in [3.8, 4) is 6.07 Å². The quantitative estimate of drug-likeness (QED) is 0.786. The molecular weight excluding hydrogens is 258 g/mol. The topological polar surface area (TPSA) is 30.3 Å². The summed E-state index contributed by atoms with van der Waals surface area (Å²) in [5, 5.41) is 9.17. The molecule has 0 aliphatic carbocycles. The summed E-state index contributed by atoms with van der Waals surface area (Å²) in [5.74, 6) is 0. The zero-order valence-electron chi connectivity index (χ0n) is 12.9. The van der Waals surface area contributed by atoms with E-state index in [9.17, 15) is 0 Å². The second-order valence-electron chi connectivity index (χ2n) is 5.72. The van der Waals surface area contributed by atoms with Gasteiger partial charge in [0.2, 0.25) is 0 Å². The number of hydrogen-bond acceptors (Lipinski definition) is 3. The number of benzene rings is 2. The molecule has 1 atom stereocenters. The van der Waals surface area contributed by atoms with Crippen molar-refractivity contribution in [3.63, 3.8) is 0 Å². The van der Waals surface area contributed by atoms with Crippen molar-refractivity contribution in [3.05, 3.63) is 53.1 Å². The minimum Gasteiger partial charge on any atom is -0.353 e. The Hall–Kier alpha value is -2.47. The number of aryl methyl sites for hydroxylation is 2. The summed E-state index contributed by atoms with van der Waals surface area (Å²) in [6.45, 7) is 6.44. The lowest BCUT2D eigenvalue weighted by atomic mass is 10.1. The van der Waals surface area contributed by atoms with Gasteiger partial charge in [-0.2, -0.15) is 5.26 Å². The fourth-order valence-electron chi connectivity index (χ4n) is 3.07. The lowest BCUT2D eigenvalue weighted by Crippen LogP contribution is -2.35. The monoisotopic (exact) mass is 277 g/mol. The number of nitrogens with zero attached hydrogens (tertiary/aromatic N) is 3. The van der Waals surface area contributed by atoms with E-state index in [2.05, 4.69) is 61.9 Å². The molecule has 21 heavy (non-hydrogen) atoms. The Kier molecular flexibility index (Phi) is 3.10. The Balaban J connectivity index is 2.18. The minimum atomic E-state index is 0.232. The lowest BCUT2D eigenvalue weighted by molar-refractivity contribution is 0.732. The van der Waals surface area contributed by atoms with E-state index in [1.807, 2.05) is 18.2 Å². The van der Waals surface area contributed by atoms with Crippen LogP contribution in [-0.2, 0) is 0 Å². The maximum Gasteiger partial charge on any atom is 0.103 e. The summed E-state index contributed by atoms with van der Waals surface area (Å²) in [4.78, 5) is 4.56. The molecule has 0 saturated carbocycles. The molecule has 0 saturated heterocycles. The third kappa shape index (κ3) is 2.04. The highest BCUT2D eigenvalue weighted by molar-refractivity contribution is 5.85. The molecular formula is C18H19N3. The van der Waals surface area contributed by atoms with Crippen LogP contribution in [0.25, 0.3) is 0 Å². The highest BCUT2D eigenvalue weighted by atomic mass is 15.4. The lowest BCUT2D eigenvalue weighted by Gasteiger charge is -2.29. The van der Waals surface area contributed by atoms with Crippen molar-refractivity contribution in [2.45, 2.75) is 26.9 Å². The molecule has 1 aliphatic heterocycles. The van der Waals surface area contributed by atoms with Crippen LogP contribution in [0.5, 0.6) is 0 Å². The average Bonchev–Trinajstić information content (AvgIpc) is 2.71. The van der Waals surface area contributed by atoms with E-state index >= 15 is 0 Å². The van der Waals surface area contributed by atoms with Gasteiger partial charge in [0.05, 0.1) is 23.0 Å². The zero-order valence-corrected chi connectivity index (χ0v) is 12.9. The summed E-state index contributed by atoms with van der Waals surface area (Å²) in [7, 11) is 2.10. The predicted molar refractivity (Wildman–Crippen MR) is 87.1 cm³/mol. The van der Waals surface area contributed by atoms with Crippen LogP contribution in [0.2, 0.25) is 0 Å². The van der Waals surface area contributed by atoms with Gasteiger partial charge < -0.3 is 9.80 Å². The largest absolute Gasteiger partial charge is 0.353 e. The third-order valence-corrected chi connectivity index (χ3v) is 4.29. The maximum absolute atomic E-state index is 9.17. The predicted octanol–water partition coefficient (Wildman–Crippen LogP) is 4.11. The van der Waals surface area contributed by atoms with E-state index in [1.165, 1.54) is 22.5 Å². The summed E-state index contributed by atoms with van der Waals surface area (Å²) >= 11 is 0. The average molecular weight is 277 g/mol. The summed E-state index contributed by atoms with van der Waals surface area (Å²) in [6, 6.07) is 14.6. The van der Waals surface area contributed by atoms with Crippen LogP contribution in [0.3, 0.4) is 0 Å². The highest BCUT2D eigenvalue weighted by Gasteiger charge is 2.32. The fourth-order valence-corrected chi connectivity index (χ4v) is 3.07. The molecule has 0 unspecified atom stereocenters. The van der Waals surface area contributed by atoms with Gasteiger partial charge in [0.25, 0.3) is 0 Å². The Labute approximate surface area is 126 Å². The molecule has 106 valence electrons. The number of fused-ring (bicyclic) bond motifs is 1. The Morgan fingerprint density at radius 1 is 1.00 bits per heavy atom. The first-order chi connectivity index (χ1) is 10.0. The summed E-state index contributed by atoms with van der Waals surface area (Å²) in [5.41, 5.74) is 6.70. The van der Waals surface area contributed by atoms with Gasteiger partial charge in [-0.3, -0.25) is 0 Å².